The van der Waals surface area contributed by atoms with Gasteiger partial charge in [-0.2, -0.15) is 5.10 Å². The first-order valence-corrected chi connectivity index (χ1v) is 3.84. The Balaban J connectivity index is 2.15. The van der Waals surface area contributed by atoms with Gasteiger partial charge in [-0.1, -0.05) is 0 Å². The number of hydrazone groups is 1. The van der Waals surface area contributed by atoms with E-state index < -0.39 is 0 Å². The highest BCUT2D eigenvalue weighted by molar-refractivity contribution is 5.70. The third kappa shape index (κ3) is 3.07. The summed E-state index contributed by atoms with van der Waals surface area (Å²) >= 11 is 0. The second-order valence-corrected chi connectivity index (χ2v) is 3.00. The number of hydrogen-bond acceptors (Lipinski definition) is 3. The topological polar surface area (TPSA) is 18.6 Å². The molecule has 3 nitrogen and oxygen atoms in total. The highest BCUT2D eigenvalue weighted by Crippen LogP contribution is 2.15. The van der Waals surface area contributed by atoms with Gasteiger partial charge in [0.15, 0.2) is 0 Å². The summed E-state index contributed by atoms with van der Waals surface area (Å²) in [4.78, 5) is 2.25. The van der Waals surface area contributed by atoms with Crippen LogP contribution in [0.5, 0.6) is 0 Å². The Labute approximate surface area is 68.0 Å². The van der Waals surface area contributed by atoms with Gasteiger partial charge >= 0.3 is 0 Å². The molecule has 1 atom stereocenters. The van der Waals surface area contributed by atoms with Gasteiger partial charge in [0, 0.05) is 39.1 Å². The molecule has 0 aromatic rings. The Morgan fingerprint density at radius 2 is 2.18 bits per heavy atom. The Morgan fingerprint density at radius 3 is 2.64 bits per heavy atom. The van der Waals surface area contributed by atoms with E-state index in [1.165, 1.54) is 6.54 Å². The Hall–Kier alpha value is -0.990. The van der Waals surface area contributed by atoms with Crippen molar-refractivity contribution < 1.29 is 0 Å². The molecule has 0 bridgehead atoms. The summed E-state index contributed by atoms with van der Waals surface area (Å²) in [5.74, 6) is 0. The maximum absolute atomic E-state index is 4.04. The van der Waals surface area contributed by atoms with E-state index in [0.717, 1.165) is 6.04 Å². The summed E-state index contributed by atoms with van der Waals surface area (Å²) in [5, 5.41) is 5.82. The van der Waals surface area contributed by atoms with Crippen molar-refractivity contribution in [3.8, 4) is 0 Å². The maximum Gasteiger partial charge on any atom is 0.0484 e. The van der Waals surface area contributed by atoms with Crippen LogP contribution in [0.2, 0.25) is 0 Å². The zero-order valence-corrected chi connectivity index (χ0v) is 7.36. The number of hydrogen-bond donors (Lipinski definition) is 0. The van der Waals surface area contributed by atoms with E-state index in [1.807, 2.05) is 20.2 Å². The summed E-state index contributed by atoms with van der Waals surface area (Å²) in [5.41, 5.74) is 0. The maximum atomic E-state index is 4.04. The van der Waals surface area contributed by atoms with Crippen molar-refractivity contribution >= 4 is 6.21 Å². The van der Waals surface area contributed by atoms with Crippen LogP contribution in [0.15, 0.2) is 17.4 Å². The van der Waals surface area contributed by atoms with Crippen molar-refractivity contribution in [2.45, 2.75) is 13.0 Å². The average Bonchev–Trinajstić information content (AvgIpc) is 2.59. The molecule has 62 valence electrons. The summed E-state index contributed by atoms with van der Waals surface area (Å²) in [6.45, 7) is 3.39. The number of nitrogens with zero attached hydrogens (tertiary/aromatic N) is 3. The quantitative estimate of drug-likeness (QED) is 0.338. The fraction of sp³-hybridized carbons (Fsp3) is 0.625. The Bertz CT molecular complexity index is 172. The van der Waals surface area contributed by atoms with Crippen LogP contribution < -0.4 is 0 Å². The highest BCUT2D eigenvalue weighted by atomic mass is 15.4. The van der Waals surface area contributed by atoms with Crippen LogP contribution >= 0.6 is 0 Å². The van der Waals surface area contributed by atoms with Crippen LogP contribution in [0.1, 0.15) is 6.92 Å². The van der Waals surface area contributed by atoms with Gasteiger partial charge in [0.05, 0.1) is 0 Å². The van der Waals surface area contributed by atoms with Crippen molar-refractivity contribution in [2.75, 3.05) is 20.6 Å². The van der Waals surface area contributed by atoms with Gasteiger partial charge in [0.2, 0.25) is 0 Å². The molecular weight excluding hydrogens is 138 g/mol. The molecule has 1 aliphatic heterocycles. The fourth-order valence-corrected chi connectivity index (χ4v) is 0.787. The van der Waals surface area contributed by atoms with E-state index in [-0.39, 0.29) is 0 Å². The first kappa shape index (κ1) is 8.11. The lowest BCUT2D eigenvalue weighted by molar-refractivity contribution is 0.440. The molecule has 0 amide bonds. The van der Waals surface area contributed by atoms with Gasteiger partial charge in [-0.05, 0) is 13.0 Å². The molecule has 3 heteroatoms. The Kier molecular flexibility index (Phi) is 2.52. The normalized spacial score (nSPS) is 23.5. The minimum absolute atomic E-state index is 0.735. The lowest BCUT2D eigenvalue weighted by Crippen LogP contribution is -2.00. The first-order chi connectivity index (χ1) is 5.20. The molecule has 1 rings (SSSR count). The molecule has 0 saturated carbocycles. The molecule has 1 fully saturated rings. The smallest absolute Gasteiger partial charge is 0.0484 e. The van der Waals surface area contributed by atoms with Crippen LogP contribution in [0.3, 0.4) is 0 Å². The first-order valence-electron chi connectivity index (χ1n) is 3.84. The van der Waals surface area contributed by atoms with Crippen molar-refractivity contribution in [1.29, 1.82) is 0 Å². The molecule has 0 N–H and O–H groups in total. The van der Waals surface area contributed by atoms with E-state index in [9.17, 15) is 0 Å². The SMILES string of the molecule is CC1CN1/C=C\C=N\N(C)C. The third-order valence-electron chi connectivity index (χ3n) is 1.57. The number of rotatable bonds is 3. The molecule has 0 spiro atoms. The van der Waals surface area contributed by atoms with Crippen LogP contribution in [0.25, 0.3) is 0 Å². The van der Waals surface area contributed by atoms with Gasteiger partial charge in [0.1, 0.15) is 0 Å². The largest absolute Gasteiger partial charge is 0.371 e. The van der Waals surface area contributed by atoms with E-state index in [2.05, 4.69) is 23.1 Å². The molecule has 11 heavy (non-hydrogen) atoms. The minimum Gasteiger partial charge on any atom is -0.371 e. The molecule has 1 saturated heterocycles. The third-order valence-corrected chi connectivity index (χ3v) is 1.57. The van der Waals surface area contributed by atoms with Crippen molar-refractivity contribution in [2.24, 2.45) is 5.10 Å². The monoisotopic (exact) mass is 153 g/mol. The van der Waals surface area contributed by atoms with Gasteiger partial charge in [-0.25, -0.2) is 0 Å². The van der Waals surface area contributed by atoms with Crippen molar-refractivity contribution in [1.82, 2.24) is 9.91 Å². The second kappa shape index (κ2) is 3.42. The Morgan fingerprint density at radius 1 is 1.55 bits per heavy atom. The van der Waals surface area contributed by atoms with Gasteiger partial charge in [-0.3, -0.25) is 0 Å². The summed E-state index contributed by atoms with van der Waals surface area (Å²) in [6.07, 6.45) is 5.83. The second-order valence-electron chi connectivity index (χ2n) is 3.00. The summed E-state index contributed by atoms with van der Waals surface area (Å²) < 4.78 is 0. The molecule has 1 unspecified atom stereocenters. The van der Waals surface area contributed by atoms with Crippen molar-refractivity contribution in [3.63, 3.8) is 0 Å². The highest BCUT2D eigenvalue weighted by Gasteiger charge is 2.24. The van der Waals surface area contributed by atoms with E-state index in [1.54, 1.807) is 11.2 Å². The lowest BCUT2D eigenvalue weighted by atomic mass is 10.6. The summed E-state index contributed by atoms with van der Waals surface area (Å²) in [7, 11) is 3.81. The van der Waals surface area contributed by atoms with Crippen molar-refractivity contribution in [3.05, 3.63) is 12.3 Å². The predicted molar refractivity (Wildman–Crippen MR) is 47.5 cm³/mol. The summed E-state index contributed by atoms with van der Waals surface area (Å²) in [6, 6.07) is 0.735. The molecule has 0 aromatic carbocycles. The molecule has 1 heterocycles. The fourth-order valence-electron chi connectivity index (χ4n) is 0.787. The standard InChI is InChI=1S/C8H15N3/c1-8-7-11(8)6-4-5-9-10(2)3/h4-6,8H,7H2,1-3H3/b6-4-,9-5+. The van der Waals surface area contributed by atoms with E-state index >= 15 is 0 Å². The zero-order valence-electron chi connectivity index (χ0n) is 7.36. The van der Waals surface area contributed by atoms with Crippen LogP contribution in [0.4, 0.5) is 0 Å². The zero-order chi connectivity index (χ0) is 8.27. The molecule has 0 aliphatic carbocycles. The molecule has 1 aliphatic rings. The average molecular weight is 153 g/mol. The van der Waals surface area contributed by atoms with Gasteiger partial charge in [0.25, 0.3) is 0 Å². The van der Waals surface area contributed by atoms with E-state index in [4.69, 9.17) is 0 Å². The molecule has 0 radical (unpaired) electrons. The van der Waals surface area contributed by atoms with E-state index in [0.29, 0.717) is 0 Å². The molecular formula is C8H15N3. The van der Waals surface area contributed by atoms with Crippen LogP contribution in [-0.2, 0) is 0 Å². The predicted octanol–water partition coefficient (Wildman–Crippen LogP) is 0.752. The number of allylic oxidation sites excluding steroid dienone is 1. The van der Waals surface area contributed by atoms with Crippen LogP contribution in [-0.4, -0.2) is 42.8 Å². The van der Waals surface area contributed by atoms with Gasteiger partial charge in [-0.15, -0.1) is 0 Å². The lowest BCUT2D eigenvalue weighted by Gasteiger charge is -1.99. The molecule has 0 aromatic heterocycles. The minimum atomic E-state index is 0.735. The van der Waals surface area contributed by atoms with Crippen LogP contribution in [0, 0.1) is 0 Å². The van der Waals surface area contributed by atoms with Gasteiger partial charge < -0.3 is 9.91 Å².